The molecule has 0 aliphatic heterocycles. The number of allylic oxidation sites excluding steroid dienone is 8. The van der Waals surface area contributed by atoms with E-state index in [0.717, 1.165) is 12.8 Å². The van der Waals surface area contributed by atoms with Gasteiger partial charge in [0.25, 0.3) is 0 Å². The molecule has 2 aliphatic carbocycles. The molecule has 20 heavy (non-hydrogen) atoms. The Balaban J connectivity index is -0.000000196. The van der Waals surface area contributed by atoms with Crippen LogP contribution in [-0.4, -0.2) is 0 Å². The number of hydrogen-bond donors (Lipinski definition) is 0. The first-order valence-electron chi connectivity index (χ1n) is 5.59. The van der Waals surface area contributed by atoms with Gasteiger partial charge in [-0.1, -0.05) is 0 Å². The normalized spacial score (nSPS) is 11.3. The Morgan fingerprint density at radius 3 is 1.30 bits per heavy atom. The molecule has 0 nitrogen and oxygen atoms in total. The summed E-state index contributed by atoms with van der Waals surface area (Å²) in [6, 6.07) is 15.6. The first-order valence-corrected chi connectivity index (χ1v) is 9.78. The van der Waals surface area contributed by atoms with Gasteiger partial charge in [0.15, 0.2) is 0 Å². The monoisotopic (exact) mass is 401 g/mol. The minimum atomic E-state index is 0. The smallest absolute Gasteiger partial charge is 0.171 e. The van der Waals surface area contributed by atoms with Gasteiger partial charge in [-0.05, 0) is 0 Å². The van der Waals surface area contributed by atoms with Gasteiger partial charge in [-0.2, -0.15) is 48.6 Å². The maximum atomic E-state index is 3.06. The summed E-state index contributed by atoms with van der Waals surface area (Å²) in [7, 11) is 0. The Morgan fingerprint density at radius 1 is 0.750 bits per heavy atom. The summed E-state index contributed by atoms with van der Waals surface area (Å²) in [6.07, 6.45) is 20.0. The zero-order valence-corrected chi connectivity index (χ0v) is 16.2. The molecule has 1 aromatic rings. The summed E-state index contributed by atoms with van der Waals surface area (Å²) >= 11 is 1.36. The second-order valence-electron chi connectivity index (χ2n) is 3.08. The van der Waals surface area contributed by atoms with Crippen LogP contribution >= 0.6 is 30.9 Å². The van der Waals surface area contributed by atoms with E-state index >= 15 is 0 Å². The van der Waals surface area contributed by atoms with Crippen LogP contribution in [0.3, 0.4) is 0 Å². The van der Waals surface area contributed by atoms with Gasteiger partial charge in [0.1, 0.15) is 0 Å². The van der Waals surface area contributed by atoms with Gasteiger partial charge in [0.2, 0.25) is 0 Å². The summed E-state index contributed by atoms with van der Waals surface area (Å²) in [4.78, 5) is 0. The molecule has 0 bridgehead atoms. The van der Waals surface area contributed by atoms with Crippen LogP contribution in [0.25, 0.3) is 0 Å². The quantitative estimate of drug-likeness (QED) is 0.395. The van der Waals surface area contributed by atoms with Gasteiger partial charge in [0, 0.05) is 0 Å². The van der Waals surface area contributed by atoms with E-state index in [1.165, 1.54) is 23.6 Å². The fourth-order valence-electron chi connectivity index (χ4n) is 1.02. The van der Waals surface area contributed by atoms with Crippen LogP contribution in [-0.2, 0) is 23.6 Å². The van der Waals surface area contributed by atoms with Gasteiger partial charge in [-0.15, -0.1) is 37.7 Å². The second kappa shape index (κ2) is 24.0. The fraction of sp³-hybridized carbons (Fsp3) is 0.125. The van der Waals surface area contributed by atoms with Crippen LogP contribution in [0.5, 0.6) is 0 Å². The van der Waals surface area contributed by atoms with Crippen molar-refractivity contribution in [2.45, 2.75) is 12.8 Å². The Hall–Kier alpha value is -0.0569. The molecule has 0 atom stereocenters. The van der Waals surface area contributed by atoms with Crippen molar-refractivity contribution in [3.05, 3.63) is 85.0 Å². The van der Waals surface area contributed by atoms with Gasteiger partial charge >= 0.3 is 29.7 Å². The number of benzene rings is 1. The van der Waals surface area contributed by atoms with Gasteiger partial charge in [-0.3, -0.25) is 12.2 Å². The first kappa shape index (κ1) is 24.9. The zero-order valence-electron chi connectivity index (χ0n) is 11.1. The van der Waals surface area contributed by atoms with E-state index in [9.17, 15) is 0 Å². The molecule has 0 saturated carbocycles. The van der Waals surface area contributed by atoms with Crippen molar-refractivity contribution in [3.63, 3.8) is 0 Å². The summed E-state index contributed by atoms with van der Waals surface area (Å²) in [6.45, 7) is 0. The van der Waals surface area contributed by atoms with E-state index in [0.29, 0.717) is 0 Å². The summed E-state index contributed by atoms with van der Waals surface area (Å²) in [5.74, 6) is 0. The van der Waals surface area contributed by atoms with Crippen molar-refractivity contribution in [1.29, 1.82) is 0 Å². The van der Waals surface area contributed by atoms with Crippen molar-refractivity contribution in [2.24, 2.45) is 0 Å². The summed E-state index contributed by atoms with van der Waals surface area (Å²) < 4.78 is 0. The molecule has 0 heterocycles. The predicted octanol–water partition coefficient (Wildman–Crippen LogP) is 5.53. The van der Waals surface area contributed by atoms with Crippen molar-refractivity contribution in [3.8, 4) is 0 Å². The summed E-state index contributed by atoms with van der Waals surface area (Å²) in [5.41, 5.74) is 0. The Morgan fingerprint density at radius 2 is 1.20 bits per heavy atom. The Bertz CT molecular complexity index is 318. The molecular weight excluding hydrogens is 385 g/mol. The topological polar surface area (TPSA) is 0 Å². The molecule has 1 aromatic carbocycles. The summed E-state index contributed by atoms with van der Waals surface area (Å²) in [5, 5.41) is 0. The van der Waals surface area contributed by atoms with E-state index in [2.05, 4.69) is 36.4 Å². The van der Waals surface area contributed by atoms with E-state index in [-0.39, 0.29) is 24.8 Å². The van der Waals surface area contributed by atoms with E-state index in [4.69, 9.17) is 0 Å². The number of halogens is 2. The van der Waals surface area contributed by atoms with Crippen LogP contribution in [0, 0.1) is 18.2 Å². The van der Waals surface area contributed by atoms with Crippen LogP contribution in [0.2, 0.25) is 0 Å². The minimum Gasteiger partial charge on any atom is -0.184 e. The minimum absolute atomic E-state index is 0. The Labute approximate surface area is 151 Å². The molecular formula is C16H18Cl2PZr-3. The molecule has 0 fully saturated rings. The molecule has 0 spiro atoms. The largest absolute Gasteiger partial charge is 0.184 e. The zero-order chi connectivity index (χ0) is 13.3. The van der Waals surface area contributed by atoms with Crippen LogP contribution in [0.15, 0.2) is 66.8 Å². The Kier molecular flexibility index (Phi) is 29.9. The standard InChI is InChI=1S/C6H5.2C5H5.2ClH.HP.Zr/c1-2-4-6-5-3-1;2*1-2-4-5-3-1;;;;/h1-5H;2*1-3H,4H2;3*1H;/q3*-1;;;;. The molecule has 3 rings (SSSR count). The SMILES string of the molecule is Cl.Cl.[C-]1=CC=CC1.[C-]1=CC=CC1.[PH]=[Zr].[c-]1ccccc1. The molecule has 0 aromatic heterocycles. The predicted molar refractivity (Wildman–Crippen MR) is 91.2 cm³/mol. The van der Waals surface area contributed by atoms with Crippen molar-refractivity contribution in [2.75, 3.05) is 0 Å². The van der Waals surface area contributed by atoms with E-state index < -0.39 is 0 Å². The molecule has 4 heteroatoms. The maximum Gasteiger partial charge on any atom is -0.171 e. The van der Waals surface area contributed by atoms with Crippen LogP contribution < -0.4 is 0 Å². The first-order chi connectivity index (χ1) is 9.00. The van der Waals surface area contributed by atoms with Gasteiger partial charge in [0.05, 0.1) is 0 Å². The molecule has 0 N–H and O–H groups in total. The van der Waals surface area contributed by atoms with E-state index in [1.54, 1.807) is 0 Å². The third-order valence-corrected chi connectivity index (χ3v) is 1.78. The van der Waals surface area contributed by atoms with Crippen LogP contribution in [0.4, 0.5) is 0 Å². The molecule has 0 saturated heterocycles. The number of hydrogen-bond acceptors (Lipinski definition) is 0. The molecule has 0 unspecified atom stereocenters. The van der Waals surface area contributed by atoms with Gasteiger partial charge in [-0.25, -0.2) is 24.3 Å². The maximum absolute atomic E-state index is 3.06. The molecule has 2 aliphatic rings. The third kappa shape index (κ3) is 20.3. The van der Waals surface area contributed by atoms with Crippen molar-refractivity contribution >= 4 is 30.9 Å². The molecule has 108 valence electrons. The van der Waals surface area contributed by atoms with E-state index in [1.807, 2.05) is 54.6 Å². The third-order valence-electron chi connectivity index (χ3n) is 1.78. The van der Waals surface area contributed by atoms with Crippen molar-refractivity contribution in [1.82, 2.24) is 0 Å². The fourth-order valence-corrected chi connectivity index (χ4v) is 1.02. The van der Waals surface area contributed by atoms with Gasteiger partial charge < -0.3 is 0 Å². The van der Waals surface area contributed by atoms with Crippen LogP contribution in [0.1, 0.15) is 12.8 Å². The van der Waals surface area contributed by atoms with Crippen molar-refractivity contribution < 1.29 is 23.6 Å². The molecule has 0 radical (unpaired) electrons. The average molecular weight is 403 g/mol. The molecule has 0 amide bonds. The number of rotatable bonds is 0. The average Bonchev–Trinajstić information content (AvgIpc) is 3.21. The second-order valence-corrected chi connectivity index (χ2v) is 3.08.